The Morgan fingerprint density at radius 3 is 2.56 bits per heavy atom. The van der Waals surface area contributed by atoms with Crippen LogP contribution in [0, 0.1) is 6.92 Å². The fraction of sp³-hybridized carbons (Fsp3) is 0.500. The molecule has 0 amide bonds. The van der Waals surface area contributed by atoms with Gasteiger partial charge in [-0.2, -0.15) is 0 Å². The van der Waals surface area contributed by atoms with Crippen molar-refractivity contribution in [2.24, 2.45) is 0 Å². The molecule has 3 nitrogen and oxygen atoms in total. The molecule has 0 fully saturated rings. The standard InChI is InChI=1S/C12H18O3S/c1-4-11-9-12(6-5-10(11)2)15-7-8-16(3,13)14/h5-6,9H,4,7-8H2,1-3H3. The Hall–Kier alpha value is -1.03. The molecule has 0 spiro atoms. The van der Waals surface area contributed by atoms with Crippen molar-refractivity contribution >= 4 is 9.84 Å². The molecule has 1 rings (SSSR count). The van der Waals surface area contributed by atoms with Gasteiger partial charge in [0.15, 0.2) is 9.84 Å². The Bertz CT molecular complexity index is 449. The van der Waals surface area contributed by atoms with Gasteiger partial charge in [0.1, 0.15) is 12.4 Å². The number of hydrogen-bond donors (Lipinski definition) is 0. The lowest BCUT2D eigenvalue weighted by atomic mass is 10.1. The predicted octanol–water partition coefficient (Wildman–Crippen LogP) is 1.98. The summed E-state index contributed by atoms with van der Waals surface area (Å²) >= 11 is 0. The number of sulfone groups is 1. The van der Waals surface area contributed by atoms with E-state index >= 15 is 0 Å². The molecule has 1 aromatic carbocycles. The van der Waals surface area contributed by atoms with Crippen LogP contribution in [0.4, 0.5) is 0 Å². The molecule has 16 heavy (non-hydrogen) atoms. The van der Waals surface area contributed by atoms with Crippen molar-refractivity contribution in [3.05, 3.63) is 29.3 Å². The molecule has 0 aliphatic carbocycles. The SMILES string of the molecule is CCc1cc(OCCS(C)(=O)=O)ccc1C. The van der Waals surface area contributed by atoms with E-state index < -0.39 is 9.84 Å². The molecule has 0 unspecified atom stereocenters. The van der Waals surface area contributed by atoms with E-state index in [4.69, 9.17) is 4.74 Å². The summed E-state index contributed by atoms with van der Waals surface area (Å²) in [6.45, 7) is 4.35. The number of benzene rings is 1. The first-order chi connectivity index (χ1) is 7.42. The van der Waals surface area contributed by atoms with Crippen molar-refractivity contribution in [2.75, 3.05) is 18.6 Å². The summed E-state index contributed by atoms with van der Waals surface area (Å²) in [6.07, 6.45) is 2.16. The molecule has 0 aliphatic heterocycles. The average Bonchev–Trinajstić information content (AvgIpc) is 2.18. The summed E-state index contributed by atoms with van der Waals surface area (Å²) in [5.41, 5.74) is 2.47. The molecule has 0 saturated carbocycles. The van der Waals surface area contributed by atoms with Crippen LogP contribution in [-0.2, 0) is 16.3 Å². The van der Waals surface area contributed by atoms with Gasteiger partial charge in [0.2, 0.25) is 0 Å². The molecular formula is C12H18O3S. The Labute approximate surface area is 97.4 Å². The van der Waals surface area contributed by atoms with Crippen molar-refractivity contribution in [3.63, 3.8) is 0 Å². The van der Waals surface area contributed by atoms with Gasteiger partial charge in [-0.05, 0) is 36.6 Å². The summed E-state index contributed by atoms with van der Waals surface area (Å²) in [5.74, 6) is 0.800. The molecule has 90 valence electrons. The maximum absolute atomic E-state index is 10.9. The van der Waals surface area contributed by atoms with E-state index in [0.29, 0.717) is 0 Å². The molecule has 0 atom stereocenters. The van der Waals surface area contributed by atoms with E-state index in [-0.39, 0.29) is 12.4 Å². The van der Waals surface area contributed by atoms with Gasteiger partial charge in [-0.15, -0.1) is 0 Å². The van der Waals surface area contributed by atoms with E-state index in [9.17, 15) is 8.42 Å². The fourth-order valence-corrected chi connectivity index (χ4v) is 1.82. The average molecular weight is 242 g/mol. The third-order valence-corrected chi connectivity index (χ3v) is 3.33. The van der Waals surface area contributed by atoms with E-state index in [2.05, 4.69) is 13.8 Å². The first-order valence-electron chi connectivity index (χ1n) is 5.32. The third-order valence-electron chi connectivity index (χ3n) is 2.42. The monoisotopic (exact) mass is 242 g/mol. The van der Waals surface area contributed by atoms with Crippen molar-refractivity contribution < 1.29 is 13.2 Å². The smallest absolute Gasteiger partial charge is 0.150 e. The Morgan fingerprint density at radius 1 is 1.31 bits per heavy atom. The first kappa shape index (κ1) is 13.0. The molecule has 4 heteroatoms. The van der Waals surface area contributed by atoms with Gasteiger partial charge in [0.05, 0.1) is 5.75 Å². The summed E-state index contributed by atoms with van der Waals surface area (Å²) < 4.78 is 27.2. The molecule has 0 bridgehead atoms. The minimum absolute atomic E-state index is 0.0579. The van der Waals surface area contributed by atoms with Crippen LogP contribution in [0.5, 0.6) is 5.75 Å². The van der Waals surface area contributed by atoms with Gasteiger partial charge in [0, 0.05) is 6.26 Å². The summed E-state index contributed by atoms with van der Waals surface area (Å²) in [4.78, 5) is 0. The van der Waals surface area contributed by atoms with E-state index in [1.807, 2.05) is 18.2 Å². The van der Waals surface area contributed by atoms with E-state index in [1.165, 1.54) is 17.4 Å². The number of hydrogen-bond acceptors (Lipinski definition) is 3. The van der Waals surface area contributed by atoms with Crippen LogP contribution in [-0.4, -0.2) is 27.0 Å². The fourth-order valence-electron chi connectivity index (χ4n) is 1.43. The molecular weight excluding hydrogens is 224 g/mol. The highest BCUT2D eigenvalue weighted by Crippen LogP contribution is 2.17. The molecule has 0 heterocycles. The predicted molar refractivity (Wildman–Crippen MR) is 65.8 cm³/mol. The van der Waals surface area contributed by atoms with Crippen molar-refractivity contribution in [2.45, 2.75) is 20.3 Å². The largest absolute Gasteiger partial charge is 0.493 e. The van der Waals surface area contributed by atoms with Crippen molar-refractivity contribution in [1.29, 1.82) is 0 Å². The van der Waals surface area contributed by atoms with Gasteiger partial charge < -0.3 is 4.74 Å². The molecule has 1 aromatic rings. The summed E-state index contributed by atoms with van der Waals surface area (Å²) in [6, 6.07) is 5.84. The number of rotatable bonds is 5. The lowest BCUT2D eigenvalue weighted by molar-refractivity contribution is 0.340. The normalized spacial score (nSPS) is 11.4. The number of aryl methyl sites for hydroxylation is 2. The van der Waals surface area contributed by atoms with Crippen LogP contribution >= 0.6 is 0 Å². The minimum atomic E-state index is -2.94. The van der Waals surface area contributed by atoms with Crippen molar-refractivity contribution in [1.82, 2.24) is 0 Å². The van der Waals surface area contributed by atoms with E-state index in [0.717, 1.165) is 12.2 Å². The van der Waals surface area contributed by atoms with Gasteiger partial charge in [0.25, 0.3) is 0 Å². The van der Waals surface area contributed by atoms with Crippen molar-refractivity contribution in [3.8, 4) is 5.75 Å². The van der Waals surface area contributed by atoms with Gasteiger partial charge in [-0.1, -0.05) is 13.0 Å². The van der Waals surface area contributed by atoms with Crippen LogP contribution in [0.15, 0.2) is 18.2 Å². The highest BCUT2D eigenvalue weighted by atomic mass is 32.2. The highest BCUT2D eigenvalue weighted by molar-refractivity contribution is 7.90. The minimum Gasteiger partial charge on any atom is -0.493 e. The van der Waals surface area contributed by atoms with E-state index in [1.54, 1.807) is 0 Å². The quantitative estimate of drug-likeness (QED) is 0.793. The zero-order valence-electron chi connectivity index (χ0n) is 9.99. The second-order valence-corrected chi connectivity index (χ2v) is 6.18. The lowest BCUT2D eigenvalue weighted by Gasteiger charge is -2.08. The van der Waals surface area contributed by atoms with Gasteiger partial charge in [-0.25, -0.2) is 8.42 Å². The summed E-state index contributed by atoms with van der Waals surface area (Å²) in [7, 11) is -2.94. The second-order valence-electron chi connectivity index (χ2n) is 3.92. The second kappa shape index (κ2) is 5.34. The van der Waals surface area contributed by atoms with Gasteiger partial charge in [-0.3, -0.25) is 0 Å². The van der Waals surface area contributed by atoms with Crippen LogP contribution in [0.25, 0.3) is 0 Å². The van der Waals surface area contributed by atoms with Crippen LogP contribution in [0.3, 0.4) is 0 Å². The molecule has 0 radical (unpaired) electrons. The highest BCUT2D eigenvalue weighted by Gasteiger charge is 2.03. The Balaban J connectivity index is 2.61. The zero-order valence-corrected chi connectivity index (χ0v) is 10.8. The lowest BCUT2D eigenvalue weighted by Crippen LogP contribution is -2.12. The maximum Gasteiger partial charge on any atom is 0.150 e. The van der Waals surface area contributed by atoms with Crippen LogP contribution in [0.1, 0.15) is 18.1 Å². The topological polar surface area (TPSA) is 43.4 Å². The zero-order chi connectivity index (χ0) is 12.2. The number of ether oxygens (including phenoxy) is 1. The first-order valence-corrected chi connectivity index (χ1v) is 7.38. The van der Waals surface area contributed by atoms with Gasteiger partial charge >= 0.3 is 0 Å². The molecule has 0 N–H and O–H groups in total. The molecule has 0 saturated heterocycles. The molecule has 0 aromatic heterocycles. The Kier molecular flexibility index (Phi) is 4.35. The van der Waals surface area contributed by atoms with Crippen LogP contribution in [0.2, 0.25) is 0 Å². The maximum atomic E-state index is 10.9. The Morgan fingerprint density at radius 2 is 2.00 bits per heavy atom. The summed E-state index contributed by atoms with van der Waals surface area (Å²) in [5, 5.41) is 0. The van der Waals surface area contributed by atoms with Crippen LogP contribution < -0.4 is 4.74 Å². The third kappa shape index (κ3) is 4.23. The molecule has 0 aliphatic rings.